The van der Waals surface area contributed by atoms with Crippen molar-refractivity contribution in [2.24, 2.45) is 5.73 Å². The van der Waals surface area contributed by atoms with E-state index in [0.29, 0.717) is 11.7 Å². The molecule has 1 amide bonds. The molecule has 216 valence electrons. The monoisotopic (exact) mass is 564 g/mol. The van der Waals surface area contributed by atoms with Gasteiger partial charge < -0.3 is 30.4 Å². The number of rotatable bonds is 12. The van der Waals surface area contributed by atoms with Gasteiger partial charge in [0, 0.05) is 77.0 Å². The Morgan fingerprint density at radius 1 is 1.02 bits per heavy atom. The van der Waals surface area contributed by atoms with Crippen molar-refractivity contribution >= 4 is 44.3 Å². The fourth-order valence-corrected chi connectivity index (χ4v) is 5.79. The second-order valence-corrected chi connectivity index (χ2v) is 11.4. The topological polar surface area (TPSA) is 118 Å². The molecule has 1 aliphatic heterocycles. The molecule has 2 aromatic carbocycles. The highest BCUT2D eigenvalue weighted by Crippen LogP contribution is 2.34. The third-order valence-corrected chi connectivity index (χ3v) is 8.43. The van der Waals surface area contributed by atoms with Crippen LogP contribution in [-0.2, 0) is 11.3 Å². The molecule has 3 aromatic heterocycles. The number of unbranched alkanes of at least 4 members (excludes halogenated alkanes) is 1. The van der Waals surface area contributed by atoms with E-state index in [1.165, 1.54) is 30.3 Å². The molecular weight excluding hydrogens is 528 g/mol. The highest BCUT2D eigenvalue weighted by molar-refractivity contribution is 6.11. The molecule has 1 saturated heterocycles. The van der Waals surface area contributed by atoms with E-state index in [0.717, 1.165) is 84.4 Å². The number of nitrogens with zero attached hydrogens (tertiary/aromatic N) is 3. The first-order valence-electron chi connectivity index (χ1n) is 14.9. The molecule has 4 N–H and O–H groups in total. The lowest BCUT2D eigenvalue weighted by Crippen LogP contribution is -2.52. The number of benzene rings is 2. The first-order chi connectivity index (χ1) is 20.6. The quantitative estimate of drug-likeness (QED) is 0.143. The number of primary amides is 1. The minimum atomic E-state index is -0.458. The van der Waals surface area contributed by atoms with Crippen LogP contribution in [0, 0.1) is 0 Å². The van der Waals surface area contributed by atoms with E-state index in [1.54, 1.807) is 18.3 Å². The van der Waals surface area contributed by atoms with E-state index in [4.69, 9.17) is 20.2 Å². The van der Waals surface area contributed by atoms with Crippen molar-refractivity contribution < 1.29 is 14.3 Å². The lowest BCUT2D eigenvalue weighted by molar-refractivity contribution is 0.0321. The highest BCUT2D eigenvalue weighted by Gasteiger charge is 2.30. The van der Waals surface area contributed by atoms with Gasteiger partial charge in [-0.15, -0.1) is 0 Å². The number of hydrogen-bond donors (Lipinski definition) is 3. The van der Waals surface area contributed by atoms with Crippen LogP contribution in [0.3, 0.4) is 0 Å². The number of carbonyl (C=O) groups excluding carboxylic acids is 1. The van der Waals surface area contributed by atoms with Crippen LogP contribution < -0.4 is 20.7 Å². The standard InChI is InChI=1S/C33H36N6O3/c34-32(40)21-6-8-27-29-18-36-12-10-28(29)33(38-31(27)16-21)39-19-26(20-39)41-13-2-1-11-35-17-23-14-22-15-25(7-9-30(22)37-23)42-24-4-3-5-24/h6-10,12,14-16,18,24,26,35,37H,1-5,11,13,17,19-20H2,(H2,34,40). The maximum absolute atomic E-state index is 11.7. The van der Waals surface area contributed by atoms with Crippen molar-refractivity contribution in [1.29, 1.82) is 0 Å². The van der Waals surface area contributed by atoms with Crippen molar-refractivity contribution in [1.82, 2.24) is 20.3 Å². The first kappa shape index (κ1) is 26.7. The van der Waals surface area contributed by atoms with Gasteiger partial charge in [-0.3, -0.25) is 9.78 Å². The summed E-state index contributed by atoms with van der Waals surface area (Å²) in [6, 6.07) is 15.9. The second-order valence-electron chi connectivity index (χ2n) is 11.4. The molecule has 2 aliphatic rings. The summed E-state index contributed by atoms with van der Waals surface area (Å²) in [6.07, 6.45) is 9.92. The molecule has 0 radical (unpaired) electrons. The van der Waals surface area contributed by atoms with Crippen LogP contribution in [0.4, 0.5) is 5.82 Å². The molecule has 1 saturated carbocycles. The molecule has 0 unspecified atom stereocenters. The Labute approximate surface area is 244 Å². The van der Waals surface area contributed by atoms with E-state index in [2.05, 4.69) is 44.5 Å². The van der Waals surface area contributed by atoms with Gasteiger partial charge in [-0.1, -0.05) is 6.07 Å². The van der Waals surface area contributed by atoms with Gasteiger partial charge in [0.05, 0.1) is 17.7 Å². The summed E-state index contributed by atoms with van der Waals surface area (Å²) in [5.74, 6) is 1.41. The molecule has 1 aliphatic carbocycles. The number of amides is 1. The molecule has 5 aromatic rings. The molecule has 0 bridgehead atoms. The van der Waals surface area contributed by atoms with Gasteiger partial charge in [-0.25, -0.2) is 4.98 Å². The summed E-state index contributed by atoms with van der Waals surface area (Å²) in [6.45, 7) is 4.08. The zero-order valence-corrected chi connectivity index (χ0v) is 23.6. The number of aromatic amines is 1. The average Bonchev–Trinajstić information content (AvgIpc) is 3.37. The Morgan fingerprint density at radius 3 is 2.76 bits per heavy atom. The van der Waals surface area contributed by atoms with Crippen LogP contribution >= 0.6 is 0 Å². The summed E-state index contributed by atoms with van der Waals surface area (Å²) >= 11 is 0. The van der Waals surface area contributed by atoms with Crippen molar-refractivity contribution in [2.45, 2.75) is 50.9 Å². The smallest absolute Gasteiger partial charge is 0.248 e. The molecule has 9 heteroatoms. The number of fused-ring (bicyclic) bond motifs is 4. The van der Waals surface area contributed by atoms with Gasteiger partial charge in [0.25, 0.3) is 0 Å². The van der Waals surface area contributed by atoms with Crippen LogP contribution in [0.1, 0.15) is 48.2 Å². The zero-order valence-electron chi connectivity index (χ0n) is 23.6. The fraction of sp³-hybridized carbons (Fsp3) is 0.364. The summed E-state index contributed by atoms with van der Waals surface area (Å²) in [5, 5.41) is 7.77. The third-order valence-electron chi connectivity index (χ3n) is 8.43. The number of aromatic nitrogens is 3. The summed E-state index contributed by atoms with van der Waals surface area (Å²) in [7, 11) is 0. The molecule has 0 spiro atoms. The first-order valence-corrected chi connectivity index (χ1v) is 14.9. The van der Waals surface area contributed by atoms with Gasteiger partial charge in [-0.05, 0) is 81.1 Å². The van der Waals surface area contributed by atoms with Gasteiger partial charge >= 0.3 is 0 Å². The molecule has 42 heavy (non-hydrogen) atoms. The van der Waals surface area contributed by atoms with Crippen LogP contribution in [0.2, 0.25) is 0 Å². The molecule has 7 rings (SSSR count). The van der Waals surface area contributed by atoms with E-state index in [1.807, 2.05) is 18.3 Å². The van der Waals surface area contributed by atoms with Gasteiger partial charge in [0.15, 0.2) is 0 Å². The van der Waals surface area contributed by atoms with Crippen molar-refractivity contribution in [3.8, 4) is 5.75 Å². The molecule has 9 nitrogen and oxygen atoms in total. The van der Waals surface area contributed by atoms with Crippen LogP contribution in [0.15, 0.2) is 60.9 Å². The Bertz CT molecular complexity index is 1740. The number of nitrogens with one attached hydrogen (secondary N) is 2. The minimum Gasteiger partial charge on any atom is -0.490 e. The normalized spacial score (nSPS) is 15.8. The molecule has 4 heterocycles. The second kappa shape index (κ2) is 11.6. The third kappa shape index (κ3) is 5.49. The Hall–Kier alpha value is -4.21. The van der Waals surface area contributed by atoms with Crippen molar-refractivity contribution in [3.63, 3.8) is 0 Å². The maximum atomic E-state index is 11.7. The number of ether oxygens (including phenoxy) is 2. The maximum Gasteiger partial charge on any atom is 0.248 e. The number of anilines is 1. The Morgan fingerprint density at radius 2 is 1.93 bits per heavy atom. The van der Waals surface area contributed by atoms with Crippen molar-refractivity contribution in [3.05, 3.63) is 72.2 Å². The van der Waals surface area contributed by atoms with Crippen molar-refractivity contribution in [2.75, 3.05) is 31.1 Å². The summed E-state index contributed by atoms with van der Waals surface area (Å²) < 4.78 is 12.2. The lowest BCUT2D eigenvalue weighted by Gasteiger charge is -2.40. The highest BCUT2D eigenvalue weighted by atomic mass is 16.5. The minimum absolute atomic E-state index is 0.189. The molecule has 2 fully saturated rings. The van der Waals surface area contributed by atoms with Crippen LogP contribution in [0.25, 0.3) is 32.6 Å². The largest absolute Gasteiger partial charge is 0.490 e. The predicted molar refractivity (Wildman–Crippen MR) is 165 cm³/mol. The van der Waals surface area contributed by atoms with E-state index in [-0.39, 0.29) is 6.10 Å². The van der Waals surface area contributed by atoms with Gasteiger partial charge in [0.2, 0.25) is 5.91 Å². The number of nitrogens with two attached hydrogens (primary N) is 1. The van der Waals surface area contributed by atoms with Gasteiger partial charge in [-0.2, -0.15) is 0 Å². The summed E-state index contributed by atoms with van der Waals surface area (Å²) in [4.78, 5) is 26.7. The van der Waals surface area contributed by atoms with E-state index in [9.17, 15) is 4.79 Å². The van der Waals surface area contributed by atoms with E-state index >= 15 is 0 Å². The number of H-pyrrole nitrogens is 1. The molecule has 0 atom stereocenters. The fourth-order valence-electron chi connectivity index (χ4n) is 5.79. The molecular formula is C33H36N6O3. The number of hydrogen-bond acceptors (Lipinski definition) is 7. The van der Waals surface area contributed by atoms with Crippen LogP contribution in [-0.4, -0.2) is 59.3 Å². The number of pyridine rings is 2. The van der Waals surface area contributed by atoms with E-state index < -0.39 is 5.91 Å². The average molecular weight is 565 g/mol. The predicted octanol–water partition coefficient (Wildman–Crippen LogP) is 5.07. The van der Waals surface area contributed by atoms with Gasteiger partial charge in [0.1, 0.15) is 11.6 Å². The lowest BCUT2D eigenvalue weighted by atomic mass is 9.96. The summed E-state index contributed by atoms with van der Waals surface area (Å²) in [5.41, 5.74) is 9.04. The Kier molecular flexibility index (Phi) is 7.36. The SMILES string of the molecule is NC(=O)c1ccc2c(c1)nc(N1CC(OCCCCNCc3cc4cc(OC5CCC5)ccc4[nH]3)C1)c1ccncc12. The van der Waals surface area contributed by atoms with Crippen LogP contribution in [0.5, 0.6) is 5.75 Å². The Balaban J connectivity index is 0.856. The number of carbonyl (C=O) groups is 1. The zero-order chi connectivity index (χ0) is 28.5.